The molecule has 1 rings (SSSR count). The van der Waals surface area contributed by atoms with Gasteiger partial charge in [0.15, 0.2) is 6.29 Å². The second kappa shape index (κ2) is 54.7. The number of ether oxygens (including phenoxy) is 4. The third kappa shape index (κ3) is 44.7. The van der Waals surface area contributed by atoms with Crippen LogP contribution in [0.1, 0.15) is 277 Å². The van der Waals surface area contributed by atoms with E-state index in [-0.39, 0.29) is 19.2 Å². The Morgan fingerprint density at radius 3 is 1.26 bits per heavy atom. The zero-order valence-corrected chi connectivity index (χ0v) is 47.4. The minimum absolute atomic E-state index is 0.114. The number of esters is 1. The van der Waals surface area contributed by atoms with Crippen molar-refractivity contribution < 1.29 is 44.2 Å². The summed E-state index contributed by atoms with van der Waals surface area (Å²) in [7, 11) is 0. The molecule has 0 aromatic carbocycles. The zero-order chi connectivity index (χ0) is 52.8. The van der Waals surface area contributed by atoms with E-state index in [0.29, 0.717) is 13.0 Å². The molecule has 1 heterocycles. The fourth-order valence-corrected chi connectivity index (χ4v) is 9.46. The molecule has 1 fully saturated rings. The molecule has 1 aliphatic heterocycles. The molecule has 0 aromatic heterocycles. The normalized spacial score (nSPS) is 19.0. The molecular formula is C64H116O9. The molecule has 9 heteroatoms. The third-order valence-electron chi connectivity index (χ3n) is 14.2. The van der Waals surface area contributed by atoms with Gasteiger partial charge in [0.1, 0.15) is 30.5 Å². The highest BCUT2D eigenvalue weighted by atomic mass is 16.7. The smallest absolute Gasteiger partial charge is 0.306 e. The van der Waals surface area contributed by atoms with E-state index in [9.17, 15) is 25.2 Å². The first-order chi connectivity index (χ1) is 35.9. The van der Waals surface area contributed by atoms with Gasteiger partial charge in [-0.05, 0) is 57.8 Å². The molecule has 73 heavy (non-hydrogen) atoms. The van der Waals surface area contributed by atoms with Gasteiger partial charge in [-0.2, -0.15) is 0 Å². The largest absolute Gasteiger partial charge is 0.457 e. The van der Waals surface area contributed by atoms with E-state index in [2.05, 4.69) is 74.6 Å². The van der Waals surface area contributed by atoms with E-state index in [1.807, 2.05) is 0 Å². The molecular weight excluding hydrogens is 913 g/mol. The van der Waals surface area contributed by atoms with Crippen molar-refractivity contribution in [2.75, 3.05) is 26.4 Å². The Morgan fingerprint density at radius 1 is 0.452 bits per heavy atom. The average Bonchev–Trinajstić information content (AvgIpc) is 3.39. The summed E-state index contributed by atoms with van der Waals surface area (Å²) in [6.45, 7) is 4.48. The van der Waals surface area contributed by atoms with Crippen LogP contribution in [0.25, 0.3) is 0 Å². The number of allylic oxidation sites excluding steroid dienone is 10. The Morgan fingerprint density at radius 2 is 0.836 bits per heavy atom. The summed E-state index contributed by atoms with van der Waals surface area (Å²) in [6.07, 6.45) is 65.6. The molecule has 9 nitrogen and oxygen atoms in total. The number of aliphatic hydroxyl groups excluding tert-OH is 4. The number of hydrogen-bond donors (Lipinski definition) is 4. The number of carbonyl (C=O) groups excluding carboxylic acids is 1. The summed E-state index contributed by atoms with van der Waals surface area (Å²) in [5, 5.41) is 40.4. The summed E-state index contributed by atoms with van der Waals surface area (Å²) in [5.41, 5.74) is 0. The van der Waals surface area contributed by atoms with Crippen molar-refractivity contribution >= 4 is 5.97 Å². The maximum Gasteiger partial charge on any atom is 0.306 e. The SMILES string of the molecule is CC/C=C\C/C=C\C/C=C\C/C=C\C/C=C\CCCCCCCCCCCCOCC(COC1OC(CO)C(O)C(O)C1O)OC(=O)CCCCCCCCCCCCCCCCCCCCCCCCCC. The van der Waals surface area contributed by atoms with Crippen LogP contribution in [0.2, 0.25) is 0 Å². The van der Waals surface area contributed by atoms with Gasteiger partial charge in [-0.1, -0.05) is 274 Å². The molecule has 0 spiro atoms. The second-order valence-corrected chi connectivity index (χ2v) is 21.1. The lowest BCUT2D eigenvalue weighted by atomic mass is 9.99. The molecule has 0 aliphatic carbocycles. The van der Waals surface area contributed by atoms with Crippen molar-refractivity contribution in [1.82, 2.24) is 0 Å². The van der Waals surface area contributed by atoms with Crippen LogP contribution >= 0.6 is 0 Å². The van der Waals surface area contributed by atoms with Crippen LogP contribution in [0.3, 0.4) is 0 Å². The molecule has 0 radical (unpaired) electrons. The number of aliphatic hydroxyl groups is 4. The molecule has 0 saturated carbocycles. The van der Waals surface area contributed by atoms with Crippen molar-refractivity contribution in [3.05, 3.63) is 60.8 Å². The predicted molar refractivity (Wildman–Crippen MR) is 307 cm³/mol. The molecule has 0 bridgehead atoms. The van der Waals surface area contributed by atoms with Gasteiger partial charge < -0.3 is 39.4 Å². The van der Waals surface area contributed by atoms with Crippen molar-refractivity contribution in [3.8, 4) is 0 Å². The Kier molecular flexibility index (Phi) is 51.6. The zero-order valence-electron chi connectivity index (χ0n) is 47.4. The Balaban J connectivity index is 2.13. The minimum Gasteiger partial charge on any atom is -0.457 e. The lowest BCUT2D eigenvalue weighted by Gasteiger charge is -2.39. The van der Waals surface area contributed by atoms with Crippen LogP contribution in [0.5, 0.6) is 0 Å². The molecule has 1 aliphatic rings. The Labute approximate surface area is 449 Å². The molecule has 4 N–H and O–H groups in total. The van der Waals surface area contributed by atoms with E-state index in [4.69, 9.17) is 18.9 Å². The van der Waals surface area contributed by atoms with Gasteiger partial charge in [-0.3, -0.25) is 4.79 Å². The van der Waals surface area contributed by atoms with E-state index >= 15 is 0 Å². The Hall–Kier alpha value is -2.11. The molecule has 6 unspecified atom stereocenters. The second-order valence-electron chi connectivity index (χ2n) is 21.1. The van der Waals surface area contributed by atoms with Crippen molar-refractivity contribution in [2.45, 2.75) is 314 Å². The van der Waals surface area contributed by atoms with E-state index in [0.717, 1.165) is 64.2 Å². The highest BCUT2D eigenvalue weighted by Gasteiger charge is 2.44. The monoisotopic (exact) mass is 1030 g/mol. The maximum atomic E-state index is 12.9. The van der Waals surface area contributed by atoms with Crippen molar-refractivity contribution in [2.24, 2.45) is 0 Å². The van der Waals surface area contributed by atoms with Gasteiger partial charge in [-0.25, -0.2) is 0 Å². The summed E-state index contributed by atoms with van der Waals surface area (Å²) >= 11 is 0. The van der Waals surface area contributed by atoms with Crippen LogP contribution in [-0.4, -0.2) is 89.6 Å². The van der Waals surface area contributed by atoms with Crippen LogP contribution < -0.4 is 0 Å². The van der Waals surface area contributed by atoms with E-state index in [1.54, 1.807) is 0 Å². The first-order valence-electron chi connectivity index (χ1n) is 30.9. The van der Waals surface area contributed by atoms with Gasteiger partial charge in [0.05, 0.1) is 19.8 Å². The number of rotatable bonds is 54. The first kappa shape index (κ1) is 68.9. The summed E-state index contributed by atoms with van der Waals surface area (Å²) in [5.74, 6) is -0.310. The minimum atomic E-state index is -1.54. The Bertz CT molecular complexity index is 1310. The van der Waals surface area contributed by atoms with Gasteiger partial charge in [-0.15, -0.1) is 0 Å². The molecule has 0 amide bonds. The quantitative estimate of drug-likeness (QED) is 0.0267. The molecule has 6 atom stereocenters. The molecule has 0 aromatic rings. The molecule has 426 valence electrons. The van der Waals surface area contributed by atoms with E-state index < -0.39 is 43.4 Å². The predicted octanol–water partition coefficient (Wildman–Crippen LogP) is 16.5. The topological polar surface area (TPSA) is 135 Å². The summed E-state index contributed by atoms with van der Waals surface area (Å²) in [4.78, 5) is 12.9. The summed E-state index contributed by atoms with van der Waals surface area (Å²) in [6, 6.07) is 0. The van der Waals surface area contributed by atoms with Gasteiger partial charge in [0, 0.05) is 13.0 Å². The fraction of sp³-hybridized carbons (Fsp3) is 0.828. The number of carbonyl (C=O) groups is 1. The number of unbranched alkanes of at least 4 members (excludes halogenated alkanes) is 33. The van der Waals surface area contributed by atoms with Gasteiger partial charge >= 0.3 is 5.97 Å². The third-order valence-corrected chi connectivity index (χ3v) is 14.2. The summed E-state index contributed by atoms with van der Waals surface area (Å²) < 4.78 is 23.0. The van der Waals surface area contributed by atoms with Gasteiger partial charge in [0.25, 0.3) is 0 Å². The van der Waals surface area contributed by atoms with Crippen molar-refractivity contribution in [1.29, 1.82) is 0 Å². The maximum absolute atomic E-state index is 12.9. The lowest BCUT2D eigenvalue weighted by molar-refractivity contribution is -0.305. The average molecular weight is 1030 g/mol. The lowest BCUT2D eigenvalue weighted by Crippen LogP contribution is -2.59. The first-order valence-corrected chi connectivity index (χ1v) is 30.9. The van der Waals surface area contributed by atoms with Gasteiger partial charge in [0.2, 0.25) is 0 Å². The van der Waals surface area contributed by atoms with Crippen LogP contribution in [0.15, 0.2) is 60.8 Å². The highest BCUT2D eigenvalue weighted by molar-refractivity contribution is 5.69. The number of hydrogen-bond acceptors (Lipinski definition) is 9. The standard InChI is InChI=1S/C64H116O9/c1-3-5-7-9-11-13-15-17-19-21-23-25-27-29-30-32-34-36-38-40-42-44-46-48-50-52-54-70-56-58(57-71-64-63(69)62(68)61(67)59(55-65)73-64)72-60(66)53-51-49-47-45-43-41-39-37-35-33-31-28-26-24-22-20-18-16-14-12-10-8-6-4-2/h5,7,11,13,17,19,23,25,29-30,58-59,61-65,67-69H,3-4,6,8-10,12,14-16,18,20-22,24,26-28,31-57H2,1-2H3/b7-5-,13-11-,19-17-,25-23-,30-29-. The van der Waals surface area contributed by atoms with Crippen LogP contribution in [-0.2, 0) is 23.7 Å². The van der Waals surface area contributed by atoms with Crippen LogP contribution in [0, 0.1) is 0 Å². The van der Waals surface area contributed by atoms with Crippen LogP contribution in [0.4, 0.5) is 0 Å². The highest BCUT2D eigenvalue weighted by Crippen LogP contribution is 2.23. The van der Waals surface area contributed by atoms with Crippen molar-refractivity contribution in [3.63, 3.8) is 0 Å². The van der Waals surface area contributed by atoms with E-state index in [1.165, 1.54) is 193 Å². The molecule has 1 saturated heterocycles. The fourth-order valence-electron chi connectivity index (χ4n) is 9.46.